The van der Waals surface area contributed by atoms with Crippen LogP contribution in [0.2, 0.25) is 5.02 Å². The SMILES string of the molecule is O=C(CC1CCNCC1)Nc1cc2c(cc1Cl)NC(=O)CO2. The molecule has 2 amide bonds. The third-order valence-corrected chi connectivity index (χ3v) is 4.22. The van der Waals surface area contributed by atoms with Gasteiger partial charge in [0.15, 0.2) is 6.61 Å². The number of anilines is 2. The number of carbonyl (C=O) groups is 2. The number of ether oxygens (including phenoxy) is 1. The predicted molar refractivity (Wildman–Crippen MR) is 84.4 cm³/mol. The third-order valence-electron chi connectivity index (χ3n) is 3.91. The molecule has 3 N–H and O–H groups in total. The van der Waals surface area contributed by atoms with Crippen molar-refractivity contribution in [1.29, 1.82) is 0 Å². The largest absolute Gasteiger partial charge is 0.482 e. The van der Waals surface area contributed by atoms with Gasteiger partial charge in [0.1, 0.15) is 5.75 Å². The average molecular weight is 324 g/mol. The van der Waals surface area contributed by atoms with Crippen molar-refractivity contribution in [2.75, 3.05) is 30.3 Å². The Kier molecular flexibility index (Phi) is 4.49. The van der Waals surface area contributed by atoms with E-state index in [1.54, 1.807) is 12.1 Å². The minimum Gasteiger partial charge on any atom is -0.482 e. The second kappa shape index (κ2) is 6.54. The molecular weight excluding hydrogens is 306 g/mol. The molecule has 0 bridgehead atoms. The van der Waals surface area contributed by atoms with Crippen LogP contribution in [-0.4, -0.2) is 31.5 Å². The zero-order valence-corrected chi connectivity index (χ0v) is 12.8. The van der Waals surface area contributed by atoms with Crippen LogP contribution in [0, 0.1) is 5.92 Å². The van der Waals surface area contributed by atoms with Gasteiger partial charge >= 0.3 is 0 Å². The molecule has 118 valence electrons. The third kappa shape index (κ3) is 3.51. The lowest BCUT2D eigenvalue weighted by molar-refractivity contribution is -0.119. The van der Waals surface area contributed by atoms with Crippen LogP contribution in [0.15, 0.2) is 12.1 Å². The summed E-state index contributed by atoms with van der Waals surface area (Å²) in [5.41, 5.74) is 1.04. The van der Waals surface area contributed by atoms with Crippen LogP contribution in [0.25, 0.3) is 0 Å². The Morgan fingerprint density at radius 3 is 2.91 bits per heavy atom. The fourth-order valence-electron chi connectivity index (χ4n) is 2.75. The highest BCUT2D eigenvalue weighted by molar-refractivity contribution is 6.34. The van der Waals surface area contributed by atoms with E-state index in [2.05, 4.69) is 16.0 Å². The van der Waals surface area contributed by atoms with E-state index in [1.165, 1.54) is 0 Å². The van der Waals surface area contributed by atoms with Crippen LogP contribution >= 0.6 is 11.6 Å². The van der Waals surface area contributed by atoms with E-state index in [1.807, 2.05) is 0 Å². The van der Waals surface area contributed by atoms with Gasteiger partial charge < -0.3 is 20.7 Å². The summed E-state index contributed by atoms with van der Waals surface area (Å²) >= 11 is 6.16. The number of carbonyl (C=O) groups excluding carboxylic acids is 2. The molecule has 0 radical (unpaired) electrons. The molecule has 1 aromatic rings. The Hall–Kier alpha value is -1.79. The van der Waals surface area contributed by atoms with Crippen LogP contribution in [0.5, 0.6) is 5.75 Å². The minimum absolute atomic E-state index is 0.0307. The number of hydrogen-bond acceptors (Lipinski definition) is 4. The van der Waals surface area contributed by atoms with E-state index in [0.29, 0.717) is 34.5 Å². The normalized spacial score (nSPS) is 18.1. The topological polar surface area (TPSA) is 79.5 Å². The highest BCUT2D eigenvalue weighted by atomic mass is 35.5. The van der Waals surface area contributed by atoms with Crippen LogP contribution in [0.3, 0.4) is 0 Å². The summed E-state index contributed by atoms with van der Waals surface area (Å²) in [6, 6.07) is 3.24. The second-order valence-corrected chi connectivity index (χ2v) is 6.02. The smallest absolute Gasteiger partial charge is 0.262 e. The lowest BCUT2D eigenvalue weighted by Crippen LogP contribution is -2.30. The van der Waals surface area contributed by atoms with Gasteiger partial charge in [-0.1, -0.05) is 11.6 Å². The molecule has 7 heteroatoms. The predicted octanol–water partition coefficient (Wildman–Crippen LogP) is 2.00. The molecule has 0 saturated carbocycles. The van der Waals surface area contributed by atoms with E-state index >= 15 is 0 Å². The summed E-state index contributed by atoms with van der Waals surface area (Å²) in [7, 11) is 0. The molecule has 0 unspecified atom stereocenters. The average Bonchev–Trinajstić information content (AvgIpc) is 2.49. The zero-order chi connectivity index (χ0) is 15.5. The van der Waals surface area contributed by atoms with Crippen LogP contribution in [0.1, 0.15) is 19.3 Å². The molecule has 1 fully saturated rings. The summed E-state index contributed by atoms with van der Waals surface area (Å²) in [6.07, 6.45) is 2.52. The fraction of sp³-hybridized carbons (Fsp3) is 0.467. The van der Waals surface area contributed by atoms with E-state index in [-0.39, 0.29) is 18.4 Å². The van der Waals surface area contributed by atoms with E-state index in [9.17, 15) is 9.59 Å². The van der Waals surface area contributed by atoms with Crippen molar-refractivity contribution in [2.24, 2.45) is 5.92 Å². The van der Waals surface area contributed by atoms with Crippen LogP contribution < -0.4 is 20.7 Å². The molecule has 2 heterocycles. The number of amides is 2. The second-order valence-electron chi connectivity index (χ2n) is 5.61. The number of piperidine rings is 1. The first-order valence-corrected chi connectivity index (χ1v) is 7.76. The Morgan fingerprint density at radius 2 is 2.14 bits per heavy atom. The maximum absolute atomic E-state index is 12.2. The number of benzene rings is 1. The fourth-order valence-corrected chi connectivity index (χ4v) is 2.96. The van der Waals surface area contributed by atoms with Crippen LogP contribution in [0.4, 0.5) is 11.4 Å². The van der Waals surface area contributed by atoms with Gasteiger partial charge in [0.2, 0.25) is 5.91 Å². The summed E-state index contributed by atoms with van der Waals surface area (Å²) in [5, 5.41) is 9.17. The number of nitrogens with one attached hydrogen (secondary N) is 3. The number of halogens is 1. The monoisotopic (exact) mass is 323 g/mol. The maximum Gasteiger partial charge on any atom is 0.262 e. The van der Waals surface area contributed by atoms with Crippen molar-refractivity contribution >= 4 is 34.8 Å². The Balaban J connectivity index is 1.66. The molecule has 3 rings (SSSR count). The van der Waals surface area contributed by atoms with Gasteiger partial charge in [0.05, 0.1) is 16.4 Å². The molecule has 1 aromatic carbocycles. The maximum atomic E-state index is 12.2. The highest BCUT2D eigenvalue weighted by Gasteiger charge is 2.20. The molecule has 0 atom stereocenters. The summed E-state index contributed by atoms with van der Waals surface area (Å²) in [6.45, 7) is 1.90. The zero-order valence-electron chi connectivity index (χ0n) is 12.1. The Morgan fingerprint density at radius 1 is 1.36 bits per heavy atom. The van der Waals surface area contributed by atoms with Crippen molar-refractivity contribution in [3.8, 4) is 5.75 Å². The van der Waals surface area contributed by atoms with Gasteiger partial charge in [-0.3, -0.25) is 9.59 Å². The molecule has 6 nitrogen and oxygen atoms in total. The summed E-state index contributed by atoms with van der Waals surface area (Å²) in [4.78, 5) is 23.4. The summed E-state index contributed by atoms with van der Waals surface area (Å²) < 4.78 is 5.33. The quantitative estimate of drug-likeness (QED) is 0.795. The van der Waals surface area contributed by atoms with E-state index in [4.69, 9.17) is 16.3 Å². The van der Waals surface area contributed by atoms with Gasteiger partial charge in [-0.2, -0.15) is 0 Å². The molecule has 0 aliphatic carbocycles. The number of rotatable bonds is 3. The molecule has 1 saturated heterocycles. The lowest BCUT2D eigenvalue weighted by atomic mass is 9.94. The van der Waals surface area contributed by atoms with Crippen molar-refractivity contribution in [3.05, 3.63) is 17.2 Å². The van der Waals surface area contributed by atoms with Gasteiger partial charge in [-0.15, -0.1) is 0 Å². The van der Waals surface area contributed by atoms with Crippen molar-refractivity contribution < 1.29 is 14.3 Å². The minimum atomic E-state index is -0.216. The van der Waals surface area contributed by atoms with E-state index < -0.39 is 0 Å². The molecule has 2 aliphatic heterocycles. The first-order valence-electron chi connectivity index (χ1n) is 7.38. The van der Waals surface area contributed by atoms with Gasteiger partial charge in [-0.25, -0.2) is 0 Å². The number of hydrogen-bond donors (Lipinski definition) is 3. The van der Waals surface area contributed by atoms with Crippen LogP contribution in [-0.2, 0) is 9.59 Å². The van der Waals surface area contributed by atoms with Gasteiger partial charge in [-0.05, 0) is 37.9 Å². The molecule has 0 spiro atoms. The standard InChI is InChI=1S/C15H18ClN3O3/c16-10-6-12-13(22-8-15(21)19-12)7-11(10)18-14(20)5-9-1-3-17-4-2-9/h6-7,9,17H,1-5,8H2,(H,18,20)(H,19,21). The first-order chi connectivity index (χ1) is 10.6. The van der Waals surface area contributed by atoms with Gasteiger partial charge in [0, 0.05) is 12.5 Å². The Labute approximate surface area is 133 Å². The Bertz CT molecular complexity index is 600. The van der Waals surface area contributed by atoms with Gasteiger partial charge in [0.25, 0.3) is 5.91 Å². The molecular formula is C15H18ClN3O3. The highest BCUT2D eigenvalue weighted by Crippen LogP contribution is 2.36. The first kappa shape index (κ1) is 15.1. The molecule has 2 aliphatic rings. The van der Waals surface area contributed by atoms with Crippen molar-refractivity contribution in [2.45, 2.75) is 19.3 Å². The molecule has 22 heavy (non-hydrogen) atoms. The van der Waals surface area contributed by atoms with Crippen molar-refractivity contribution in [1.82, 2.24) is 5.32 Å². The molecule has 0 aromatic heterocycles. The summed E-state index contributed by atoms with van der Waals surface area (Å²) in [5.74, 6) is 0.661. The van der Waals surface area contributed by atoms with Crippen molar-refractivity contribution in [3.63, 3.8) is 0 Å². The lowest BCUT2D eigenvalue weighted by Gasteiger charge is -2.22. The van der Waals surface area contributed by atoms with E-state index in [0.717, 1.165) is 25.9 Å². The number of fused-ring (bicyclic) bond motifs is 1.